The number of carbonyl (C=O) groups excluding carboxylic acids is 1. The van der Waals surface area contributed by atoms with E-state index < -0.39 is 11.5 Å². The van der Waals surface area contributed by atoms with Crippen LogP contribution in [-0.2, 0) is 14.9 Å². The Kier molecular flexibility index (Phi) is 4.97. The van der Waals surface area contributed by atoms with Gasteiger partial charge in [-0.15, -0.1) is 0 Å². The molecule has 1 heterocycles. The van der Waals surface area contributed by atoms with Crippen molar-refractivity contribution in [3.8, 4) is 0 Å². The summed E-state index contributed by atoms with van der Waals surface area (Å²) < 4.78 is 18.8. The normalized spacial score (nSPS) is 22.2. The zero-order chi connectivity index (χ0) is 16.3. The standard InChI is InChI=1S/C18H24FNO3/c19-15-4-1-3-14(11-15)18(7-2-8-18)17(22)20-12-16(21)13-5-9-23-10-6-13/h1,3-4,11,13,16,21H,2,5-10,12H2,(H,20,22)/t16-/m0/s1. The molecule has 23 heavy (non-hydrogen) atoms. The Morgan fingerprint density at radius 2 is 2.13 bits per heavy atom. The number of ether oxygens (including phenoxy) is 1. The van der Waals surface area contributed by atoms with Gasteiger partial charge >= 0.3 is 0 Å². The third kappa shape index (κ3) is 3.40. The lowest BCUT2D eigenvalue weighted by atomic mass is 9.63. The van der Waals surface area contributed by atoms with Crippen LogP contribution in [0.2, 0.25) is 0 Å². The number of amides is 1. The highest BCUT2D eigenvalue weighted by Crippen LogP contribution is 2.44. The molecule has 2 N–H and O–H groups in total. The molecule has 0 bridgehead atoms. The molecule has 0 radical (unpaired) electrons. The number of hydrogen-bond donors (Lipinski definition) is 2. The molecule has 1 aromatic rings. The molecule has 1 aromatic carbocycles. The van der Waals surface area contributed by atoms with Crippen molar-refractivity contribution in [1.82, 2.24) is 5.32 Å². The van der Waals surface area contributed by atoms with E-state index in [9.17, 15) is 14.3 Å². The Labute approximate surface area is 136 Å². The van der Waals surface area contributed by atoms with Crippen molar-refractivity contribution in [3.05, 3.63) is 35.6 Å². The van der Waals surface area contributed by atoms with Gasteiger partial charge < -0.3 is 15.2 Å². The van der Waals surface area contributed by atoms with Gasteiger partial charge in [0.2, 0.25) is 5.91 Å². The number of aliphatic hydroxyl groups excluding tert-OH is 1. The molecule has 2 fully saturated rings. The summed E-state index contributed by atoms with van der Waals surface area (Å²) in [7, 11) is 0. The van der Waals surface area contributed by atoms with Gasteiger partial charge in [-0.05, 0) is 49.3 Å². The van der Waals surface area contributed by atoms with Crippen molar-refractivity contribution in [1.29, 1.82) is 0 Å². The minimum absolute atomic E-state index is 0.0968. The zero-order valence-electron chi connectivity index (χ0n) is 13.3. The first kappa shape index (κ1) is 16.4. The van der Waals surface area contributed by atoms with Crippen LogP contribution in [0.15, 0.2) is 24.3 Å². The molecular formula is C18H24FNO3. The molecule has 1 atom stereocenters. The first-order chi connectivity index (χ1) is 11.1. The minimum Gasteiger partial charge on any atom is -0.391 e. The SMILES string of the molecule is O=C(NC[C@H](O)C1CCOCC1)C1(c2cccc(F)c2)CCC1. The summed E-state index contributed by atoms with van der Waals surface area (Å²) in [5.74, 6) is -0.236. The second-order valence-corrected chi connectivity index (χ2v) is 6.67. The largest absolute Gasteiger partial charge is 0.391 e. The van der Waals surface area contributed by atoms with E-state index in [1.165, 1.54) is 12.1 Å². The number of aliphatic hydroxyl groups is 1. The number of hydrogen-bond acceptors (Lipinski definition) is 3. The molecule has 4 nitrogen and oxygen atoms in total. The number of carbonyl (C=O) groups is 1. The van der Waals surface area contributed by atoms with Gasteiger partial charge in [0, 0.05) is 19.8 Å². The molecule has 1 aliphatic carbocycles. The van der Waals surface area contributed by atoms with Crippen LogP contribution in [0.3, 0.4) is 0 Å². The van der Waals surface area contributed by atoms with E-state index in [-0.39, 0.29) is 24.2 Å². The highest BCUT2D eigenvalue weighted by Gasteiger charge is 2.45. The third-order valence-electron chi connectivity index (χ3n) is 5.30. The molecular weight excluding hydrogens is 297 g/mol. The van der Waals surface area contributed by atoms with Crippen molar-refractivity contribution < 1.29 is 19.0 Å². The molecule has 0 spiro atoms. The first-order valence-corrected chi connectivity index (χ1v) is 8.42. The number of halogens is 1. The minimum atomic E-state index is -0.627. The van der Waals surface area contributed by atoms with Gasteiger partial charge in [-0.3, -0.25) is 4.79 Å². The van der Waals surface area contributed by atoms with E-state index in [1.807, 2.05) is 6.07 Å². The molecule has 3 rings (SSSR count). The quantitative estimate of drug-likeness (QED) is 0.874. The topological polar surface area (TPSA) is 58.6 Å². The molecule has 0 unspecified atom stereocenters. The maximum absolute atomic E-state index is 13.5. The maximum Gasteiger partial charge on any atom is 0.230 e. The predicted octanol–water partition coefficient (Wildman–Crippen LogP) is 2.15. The summed E-state index contributed by atoms with van der Waals surface area (Å²) in [5.41, 5.74) is 0.110. The van der Waals surface area contributed by atoms with E-state index >= 15 is 0 Å². The average Bonchev–Trinajstić information content (AvgIpc) is 2.52. The Morgan fingerprint density at radius 3 is 2.74 bits per heavy atom. The van der Waals surface area contributed by atoms with Gasteiger partial charge in [-0.1, -0.05) is 18.6 Å². The van der Waals surface area contributed by atoms with Crippen LogP contribution in [-0.4, -0.2) is 36.9 Å². The van der Waals surface area contributed by atoms with Crippen molar-refractivity contribution in [3.63, 3.8) is 0 Å². The molecule has 1 saturated carbocycles. The lowest BCUT2D eigenvalue weighted by Gasteiger charge is -2.41. The van der Waals surface area contributed by atoms with E-state index in [4.69, 9.17) is 4.74 Å². The predicted molar refractivity (Wildman–Crippen MR) is 84.5 cm³/mol. The van der Waals surface area contributed by atoms with Crippen LogP contribution in [0.4, 0.5) is 4.39 Å². The summed E-state index contributed by atoms with van der Waals surface area (Å²) in [6.45, 7) is 1.59. The van der Waals surface area contributed by atoms with Crippen LogP contribution in [0.5, 0.6) is 0 Å². The smallest absolute Gasteiger partial charge is 0.230 e. The fraction of sp³-hybridized carbons (Fsp3) is 0.611. The first-order valence-electron chi connectivity index (χ1n) is 8.42. The number of nitrogens with one attached hydrogen (secondary N) is 1. The van der Waals surface area contributed by atoms with Gasteiger partial charge in [0.15, 0.2) is 0 Å². The van der Waals surface area contributed by atoms with Crippen molar-refractivity contribution in [2.75, 3.05) is 19.8 Å². The van der Waals surface area contributed by atoms with Crippen LogP contribution in [0.1, 0.15) is 37.7 Å². The van der Waals surface area contributed by atoms with E-state index in [1.54, 1.807) is 6.07 Å². The summed E-state index contributed by atoms with van der Waals surface area (Å²) >= 11 is 0. The van der Waals surface area contributed by atoms with Crippen LogP contribution >= 0.6 is 0 Å². The summed E-state index contributed by atoms with van der Waals surface area (Å²) in [6, 6.07) is 6.31. The molecule has 1 saturated heterocycles. The van der Waals surface area contributed by atoms with Gasteiger partial charge in [0.25, 0.3) is 0 Å². The summed E-state index contributed by atoms with van der Waals surface area (Å²) in [5, 5.41) is 13.2. The second-order valence-electron chi connectivity index (χ2n) is 6.67. The van der Waals surface area contributed by atoms with Crippen LogP contribution < -0.4 is 5.32 Å². The van der Waals surface area contributed by atoms with E-state index in [2.05, 4.69) is 5.32 Å². The van der Waals surface area contributed by atoms with Crippen LogP contribution in [0, 0.1) is 11.7 Å². The van der Waals surface area contributed by atoms with E-state index in [0.717, 1.165) is 37.7 Å². The zero-order valence-corrected chi connectivity index (χ0v) is 13.3. The monoisotopic (exact) mass is 321 g/mol. The van der Waals surface area contributed by atoms with Gasteiger partial charge in [0.1, 0.15) is 5.82 Å². The second kappa shape index (κ2) is 6.97. The molecule has 1 aliphatic heterocycles. The Balaban J connectivity index is 1.62. The lowest BCUT2D eigenvalue weighted by Crippen LogP contribution is -2.51. The van der Waals surface area contributed by atoms with Gasteiger partial charge in [-0.25, -0.2) is 4.39 Å². The molecule has 126 valence electrons. The molecule has 1 amide bonds. The lowest BCUT2D eigenvalue weighted by molar-refractivity contribution is -0.130. The number of rotatable bonds is 5. The van der Waals surface area contributed by atoms with Crippen molar-refractivity contribution >= 4 is 5.91 Å². The molecule has 5 heteroatoms. The fourth-order valence-electron chi connectivity index (χ4n) is 3.60. The summed E-state index contributed by atoms with van der Waals surface area (Å²) in [4.78, 5) is 12.7. The van der Waals surface area contributed by atoms with Crippen molar-refractivity contribution in [2.45, 2.75) is 43.6 Å². The highest BCUT2D eigenvalue weighted by molar-refractivity contribution is 5.89. The van der Waals surface area contributed by atoms with Gasteiger partial charge in [-0.2, -0.15) is 0 Å². The number of benzene rings is 1. The molecule has 2 aliphatic rings. The summed E-state index contributed by atoms with van der Waals surface area (Å²) in [6.07, 6.45) is 3.53. The maximum atomic E-state index is 13.5. The fourth-order valence-corrected chi connectivity index (χ4v) is 3.60. The Bertz CT molecular complexity index is 553. The third-order valence-corrected chi connectivity index (χ3v) is 5.30. The Morgan fingerprint density at radius 1 is 1.39 bits per heavy atom. The highest BCUT2D eigenvalue weighted by atomic mass is 19.1. The van der Waals surface area contributed by atoms with Crippen LogP contribution in [0.25, 0.3) is 0 Å². The van der Waals surface area contributed by atoms with E-state index in [0.29, 0.717) is 13.2 Å². The molecule has 0 aromatic heterocycles. The van der Waals surface area contributed by atoms with Gasteiger partial charge in [0.05, 0.1) is 11.5 Å². The van der Waals surface area contributed by atoms with Crippen molar-refractivity contribution in [2.24, 2.45) is 5.92 Å². The Hall–Kier alpha value is -1.46. The average molecular weight is 321 g/mol.